The van der Waals surface area contributed by atoms with E-state index in [-0.39, 0.29) is 16.7 Å². The summed E-state index contributed by atoms with van der Waals surface area (Å²) in [6.45, 7) is 4.73. The Morgan fingerprint density at radius 3 is 2.94 bits per heavy atom. The Bertz CT molecular complexity index is 424. The van der Waals surface area contributed by atoms with E-state index in [2.05, 4.69) is 28.8 Å². The van der Waals surface area contributed by atoms with E-state index < -0.39 is 0 Å². The van der Waals surface area contributed by atoms with Gasteiger partial charge in [-0.15, -0.1) is 0 Å². The number of hydrogen-bond acceptors (Lipinski definition) is 5. The number of piperazine rings is 1. The van der Waals surface area contributed by atoms with Gasteiger partial charge in [0.05, 0.1) is 4.92 Å². The predicted octanol–water partition coefficient (Wildman–Crippen LogP) is 1.13. The zero-order valence-corrected chi connectivity index (χ0v) is 10.0. The lowest BCUT2D eigenvalue weighted by Gasteiger charge is -2.39. The molecule has 1 aromatic heterocycles. The predicted molar refractivity (Wildman–Crippen MR) is 65.2 cm³/mol. The summed E-state index contributed by atoms with van der Waals surface area (Å²) in [7, 11) is 2.06. The van der Waals surface area contributed by atoms with Gasteiger partial charge in [-0.05, 0) is 20.0 Å². The molecule has 0 aliphatic carbocycles. The molecule has 0 N–H and O–H groups in total. The van der Waals surface area contributed by atoms with Crippen molar-refractivity contribution >= 4 is 11.4 Å². The number of rotatable bonds is 2. The minimum atomic E-state index is -0.368. The zero-order chi connectivity index (χ0) is 12.4. The van der Waals surface area contributed by atoms with Crippen LogP contribution in [0, 0.1) is 10.1 Å². The van der Waals surface area contributed by atoms with Crippen LogP contribution in [0.5, 0.6) is 0 Å². The highest BCUT2D eigenvalue weighted by Gasteiger charge is 2.27. The van der Waals surface area contributed by atoms with Crippen LogP contribution in [0.1, 0.15) is 6.92 Å². The molecule has 1 atom stereocenters. The Hall–Kier alpha value is -1.69. The van der Waals surface area contributed by atoms with Crippen LogP contribution >= 0.6 is 0 Å². The van der Waals surface area contributed by atoms with Crippen molar-refractivity contribution in [3.05, 3.63) is 28.6 Å². The van der Waals surface area contributed by atoms with Crippen LogP contribution in [-0.4, -0.2) is 47.5 Å². The second kappa shape index (κ2) is 4.67. The van der Waals surface area contributed by atoms with Crippen LogP contribution in [0.2, 0.25) is 0 Å². The van der Waals surface area contributed by atoms with Gasteiger partial charge in [0.2, 0.25) is 0 Å². The maximum atomic E-state index is 11.0. The number of nitrogens with zero attached hydrogens (tertiary/aromatic N) is 4. The van der Waals surface area contributed by atoms with Gasteiger partial charge in [0.15, 0.2) is 0 Å². The maximum Gasteiger partial charge on any atom is 0.310 e. The van der Waals surface area contributed by atoms with Gasteiger partial charge in [-0.3, -0.25) is 15.1 Å². The van der Waals surface area contributed by atoms with Crippen LogP contribution < -0.4 is 4.90 Å². The molecule has 0 saturated carbocycles. The van der Waals surface area contributed by atoms with Gasteiger partial charge in [-0.25, -0.2) is 0 Å². The molecule has 1 saturated heterocycles. The first kappa shape index (κ1) is 11.8. The van der Waals surface area contributed by atoms with Crippen molar-refractivity contribution in [2.45, 2.75) is 13.0 Å². The zero-order valence-electron chi connectivity index (χ0n) is 10.0. The molecule has 0 amide bonds. The van der Waals surface area contributed by atoms with Gasteiger partial charge in [0, 0.05) is 31.9 Å². The Morgan fingerprint density at radius 1 is 1.53 bits per heavy atom. The second-order valence-electron chi connectivity index (χ2n) is 4.43. The summed E-state index contributed by atoms with van der Waals surface area (Å²) in [5.74, 6) is 0. The first-order valence-corrected chi connectivity index (χ1v) is 5.63. The van der Waals surface area contributed by atoms with Crippen molar-refractivity contribution in [1.29, 1.82) is 0 Å². The van der Waals surface area contributed by atoms with Gasteiger partial charge in [0.1, 0.15) is 11.9 Å². The molecule has 1 aliphatic heterocycles. The quantitative estimate of drug-likeness (QED) is 0.569. The van der Waals surface area contributed by atoms with E-state index in [1.165, 1.54) is 6.20 Å². The van der Waals surface area contributed by atoms with Crippen LogP contribution in [-0.2, 0) is 0 Å². The molecule has 6 heteroatoms. The molecule has 6 nitrogen and oxygen atoms in total. The van der Waals surface area contributed by atoms with Crippen LogP contribution in [0.4, 0.5) is 11.4 Å². The molecule has 1 unspecified atom stereocenters. The maximum absolute atomic E-state index is 11.0. The van der Waals surface area contributed by atoms with Crippen molar-refractivity contribution < 1.29 is 4.92 Å². The number of pyridine rings is 1. The molecular weight excluding hydrogens is 220 g/mol. The molecule has 0 bridgehead atoms. The fraction of sp³-hybridized carbons (Fsp3) is 0.545. The van der Waals surface area contributed by atoms with Gasteiger partial charge < -0.3 is 9.80 Å². The summed E-state index contributed by atoms with van der Waals surface area (Å²) in [5, 5.41) is 11.0. The van der Waals surface area contributed by atoms with E-state index in [0.717, 1.165) is 19.6 Å². The highest BCUT2D eigenvalue weighted by atomic mass is 16.6. The summed E-state index contributed by atoms with van der Waals surface area (Å²) >= 11 is 0. The normalized spacial score (nSPS) is 21.5. The number of aromatic nitrogens is 1. The number of likely N-dealkylation sites (N-methyl/N-ethyl adjacent to an activating group) is 1. The molecule has 2 rings (SSSR count). The third-order valence-electron chi connectivity index (χ3n) is 3.11. The molecule has 0 radical (unpaired) electrons. The van der Waals surface area contributed by atoms with Crippen molar-refractivity contribution in [3.63, 3.8) is 0 Å². The fourth-order valence-corrected chi connectivity index (χ4v) is 2.26. The molecule has 0 spiro atoms. The fourth-order valence-electron chi connectivity index (χ4n) is 2.26. The molecule has 1 aliphatic rings. The molecule has 0 aromatic carbocycles. The van der Waals surface area contributed by atoms with Crippen LogP contribution in [0.25, 0.3) is 0 Å². The van der Waals surface area contributed by atoms with E-state index in [1.54, 1.807) is 12.3 Å². The lowest BCUT2D eigenvalue weighted by atomic mass is 10.1. The van der Waals surface area contributed by atoms with E-state index in [4.69, 9.17) is 0 Å². The standard InChI is InChI=1S/C11H16N4O2/c1-9-8-13(2)5-6-14(9)10-3-4-12-7-11(10)15(16)17/h3-4,7,9H,5-6,8H2,1-2H3. The number of nitro groups is 1. The van der Waals surface area contributed by atoms with Crippen molar-refractivity contribution in [2.75, 3.05) is 31.6 Å². The summed E-state index contributed by atoms with van der Waals surface area (Å²) in [6, 6.07) is 2.00. The minimum absolute atomic E-state index is 0.0869. The van der Waals surface area contributed by atoms with Crippen molar-refractivity contribution in [1.82, 2.24) is 9.88 Å². The summed E-state index contributed by atoms with van der Waals surface area (Å²) in [4.78, 5) is 18.7. The Balaban J connectivity index is 2.30. The second-order valence-corrected chi connectivity index (χ2v) is 4.43. The lowest BCUT2D eigenvalue weighted by Crippen LogP contribution is -2.50. The first-order valence-electron chi connectivity index (χ1n) is 5.63. The largest absolute Gasteiger partial charge is 0.361 e. The Labute approximate surface area is 100 Å². The van der Waals surface area contributed by atoms with E-state index in [0.29, 0.717) is 5.69 Å². The van der Waals surface area contributed by atoms with E-state index >= 15 is 0 Å². The lowest BCUT2D eigenvalue weighted by molar-refractivity contribution is -0.384. The van der Waals surface area contributed by atoms with Gasteiger partial charge in [-0.1, -0.05) is 0 Å². The third-order valence-corrected chi connectivity index (χ3v) is 3.11. The van der Waals surface area contributed by atoms with Gasteiger partial charge in [0.25, 0.3) is 0 Å². The van der Waals surface area contributed by atoms with Crippen molar-refractivity contribution in [3.8, 4) is 0 Å². The monoisotopic (exact) mass is 236 g/mol. The van der Waals surface area contributed by atoms with E-state index in [1.807, 2.05) is 0 Å². The van der Waals surface area contributed by atoms with Crippen LogP contribution in [0.15, 0.2) is 18.5 Å². The van der Waals surface area contributed by atoms with E-state index in [9.17, 15) is 10.1 Å². The third kappa shape index (κ3) is 2.36. The molecule has 1 fully saturated rings. The highest BCUT2D eigenvalue weighted by Crippen LogP contribution is 2.29. The SMILES string of the molecule is CC1CN(C)CCN1c1ccncc1[N+](=O)[O-]. The smallest absolute Gasteiger partial charge is 0.310 e. The van der Waals surface area contributed by atoms with Crippen LogP contribution in [0.3, 0.4) is 0 Å². The summed E-state index contributed by atoms with van der Waals surface area (Å²) < 4.78 is 0. The van der Waals surface area contributed by atoms with Crippen molar-refractivity contribution in [2.24, 2.45) is 0 Å². The summed E-state index contributed by atoms with van der Waals surface area (Å²) in [6.07, 6.45) is 2.92. The van der Waals surface area contributed by atoms with Gasteiger partial charge >= 0.3 is 5.69 Å². The average molecular weight is 236 g/mol. The molecule has 92 valence electrons. The molecule has 17 heavy (non-hydrogen) atoms. The van der Waals surface area contributed by atoms with Gasteiger partial charge in [-0.2, -0.15) is 0 Å². The molecular formula is C11H16N4O2. The number of anilines is 1. The molecule has 1 aromatic rings. The Kier molecular flexibility index (Phi) is 3.23. The summed E-state index contributed by atoms with van der Waals surface area (Å²) in [5.41, 5.74) is 0.759. The average Bonchev–Trinajstić information content (AvgIpc) is 2.29. The highest BCUT2D eigenvalue weighted by molar-refractivity contribution is 5.62. The number of hydrogen-bond donors (Lipinski definition) is 0. The topological polar surface area (TPSA) is 62.5 Å². The molecule has 2 heterocycles. The minimum Gasteiger partial charge on any atom is -0.361 e. The first-order chi connectivity index (χ1) is 8.09. The Morgan fingerprint density at radius 2 is 2.29 bits per heavy atom.